The van der Waals surface area contributed by atoms with Crippen LogP contribution in [0.1, 0.15) is 19.5 Å². The van der Waals surface area contributed by atoms with Crippen LogP contribution in [0.5, 0.6) is 0 Å². The van der Waals surface area contributed by atoms with Gasteiger partial charge in [-0.1, -0.05) is 13.8 Å². The summed E-state index contributed by atoms with van der Waals surface area (Å²) in [7, 11) is 0. The Hall–Kier alpha value is -1.03. The van der Waals surface area contributed by atoms with Gasteiger partial charge in [0.2, 0.25) is 0 Å². The lowest BCUT2D eigenvalue weighted by Gasteiger charge is -2.18. The third kappa shape index (κ3) is 1.51. The van der Waals surface area contributed by atoms with Crippen molar-refractivity contribution in [1.29, 1.82) is 0 Å². The highest BCUT2D eigenvalue weighted by atomic mass is 16.3. The molecule has 0 aliphatic carbocycles. The molecule has 11 heavy (non-hydrogen) atoms. The van der Waals surface area contributed by atoms with E-state index >= 15 is 0 Å². The molecule has 0 bridgehead atoms. The maximum absolute atomic E-state index is 8.97. The van der Waals surface area contributed by atoms with Crippen molar-refractivity contribution in [3.8, 4) is 0 Å². The Bertz CT molecular complexity index is 242. The lowest BCUT2D eigenvalue weighted by molar-refractivity contribution is 0.215. The highest BCUT2D eigenvalue weighted by molar-refractivity contribution is 5.31. The predicted molar refractivity (Wildman–Crippen MR) is 43.1 cm³/mol. The second kappa shape index (κ2) is 2.54. The molecular weight excluding hydrogens is 142 g/mol. The van der Waals surface area contributed by atoms with Gasteiger partial charge in [0, 0.05) is 17.2 Å². The number of nitrogens with zero attached hydrogens (tertiary/aromatic N) is 1. The van der Waals surface area contributed by atoms with E-state index in [0.29, 0.717) is 5.82 Å². The molecular formula is C7H13N3O. The molecule has 0 saturated heterocycles. The van der Waals surface area contributed by atoms with Gasteiger partial charge in [-0.05, 0) is 0 Å². The van der Waals surface area contributed by atoms with Crippen LogP contribution in [-0.2, 0) is 5.41 Å². The van der Waals surface area contributed by atoms with Crippen molar-refractivity contribution in [3.63, 3.8) is 0 Å². The van der Waals surface area contributed by atoms with Gasteiger partial charge >= 0.3 is 0 Å². The minimum absolute atomic E-state index is 0.0780. The molecule has 0 aliphatic rings. The number of aromatic nitrogens is 2. The molecule has 1 aromatic heterocycles. The van der Waals surface area contributed by atoms with E-state index in [-0.39, 0.29) is 12.0 Å². The van der Waals surface area contributed by atoms with Gasteiger partial charge in [0.1, 0.15) is 5.82 Å². The SMILES string of the molecule is CC(C)(CO)c1cc(N)n[nH]1. The Labute approximate surface area is 65.4 Å². The van der Waals surface area contributed by atoms with E-state index in [2.05, 4.69) is 10.2 Å². The van der Waals surface area contributed by atoms with Gasteiger partial charge < -0.3 is 10.8 Å². The number of rotatable bonds is 2. The van der Waals surface area contributed by atoms with E-state index in [9.17, 15) is 0 Å². The standard InChI is InChI=1S/C7H13N3O/c1-7(2,4-11)5-3-6(8)10-9-5/h3,11H,4H2,1-2H3,(H3,8,9,10). The lowest BCUT2D eigenvalue weighted by atomic mass is 9.91. The van der Waals surface area contributed by atoms with Crippen LogP contribution in [0.4, 0.5) is 5.82 Å². The number of hydrogen-bond donors (Lipinski definition) is 3. The molecule has 1 aromatic rings. The number of aliphatic hydroxyl groups excluding tert-OH is 1. The minimum atomic E-state index is -0.287. The first kappa shape index (κ1) is 8.07. The average molecular weight is 155 g/mol. The molecule has 4 nitrogen and oxygen atoms in total. The molecule has 4 N–H and O–H groups in total. The number of H-pyrrole nitrogens is 1. The molecule has 62 valence electrons. The Morgan fingerprint density at radius 1 is 1.73 bits per heavy atom. The summed E-state index contributed by atoms with van der Waals surface area (Å²) in [5.74, 6) is 0.460. The number of nitrogens with one attached hydrogen (secondary N) is 1. The summed E-state index contributed by atoms with van der Waals surface area (Å²) >= 11 is 0. The summed E-state index contributed by atoms with van der Waals surface area (Å²) in [6.45, 7) is 3.91. The molecule has 0 spiro atoms. The molecule has 0 fully saturated rings. The zero-order chi connectivity index (χ0) is 8.48. The fourth-order valence-corrected chi connectivity index (χ4v) is 0.769. The summed E-state index contributed by atoms with van der Waals surface area (Å²) in [6.07, 6.45) is 0. The molecule has 0 atom stereocenters. The number of anilines is 1. The van der Waals surface area contributed by atoms with Crippen molar-refractivity contribution in [2.75, 3.05) is 12.3 Å². The quantitative estimate of drug-likeness (QED) is 0.573. The molecule has 1 rings (SSSR count). The van der Waals surface area contributed by atoms with Crippen LogP contribution in [0.2, 0.25) is 0 Å². The van der Waals surface area contributed by atoms with Crippen LogP contribution >= 0.6 is 0 Å². The van der Waals surface area contributed by atoms with Gasteiger partial charge in [-0.3, -0.25) is 5.10 Å². The maximum Gasteiger partial charge on any atom is 0.145 e. The first-order valence-corrected chi connectivity index (χ1v) is 3.48. The first-order valence-electron chi connectivity index (χ1n) is 3.48. The molecule has 0 aliphatic heterocycles. The van der Waals surface area contributed by atoms with Crippen molar-refractivity contribution in [2.45, 2.75) is 19.3 Å². The van der Waals surface area contributed by atoms with E-state index in [1.807, 2.05) is 13.8 Å². The molecule has 4 heteroatoms. The lowest BCUT2D eigenvalue weighted by Crippen LogP contribution is -2.22. The fraction of sp³-hybridized carbons (Fsp3) is 0.571. The summed E-state index contributed by atoms with van der Waals surface area (Å²) in [5, 5.41) is 15.5. The molecule has 0 unspecified atom stereocenters. The number of nitrogens with two attached hydrogens (primary N) is 1. The molecule has 1 heterocycles. The summed E-state index contributed by atoms with van der Waals surface area (Å²) in [4.78, 5) is 0. The summed E-state index contributed by atoms with van der Waals surface area (Å²) in [6, 6.07) is 1.73. The minimum Gasteiger partial charge on any atom is -0.395 e. The van der Waals surface area contributed by atoms with E-state index < -0.39 is 0 Å². The molecule has 0 amide bonds. The van der Waals surface area contributed by atoms with Crippen LogP contribution in [0.25, 0.3) is 0 Å². The maximum atomic E-state index is 8.97. The van der Waals surface area contributed by atoms with Crippen molar-refractivity contribution in [1.82, 2.24) is 10.2 Å². The van der Waals surface area contributed by atoms with Crippen LogP contribution < -0.4 is 5.73 Å². The highest BCUT2D eigenvalue weighted by Crippen LogP contribution is 2.20. The largest absolute Gasteiger partial charge is 0.395 e. The fourth-order valence-electron chi connectivity index (χ4n) is 0.769. The van der Waals surface area contributed by atoms with Crippen molar-refractivity contribution in [3.05, 3.63) is 11.8 Å². The number of aliphatic hydroxyl groups is 1. The van der Waals surface area contributed by atoms with Gasteiger partial charge in [0.15, 0.2) is 0 Å². The smallest absolute Gasteiger partial charge is 0.145 e. The van der Waals surface area contributed by atoms with Crippen LogP contribution in [0.3, 0.4) is 0 Å². The second-order valence-corrected chi connectivity index (χ2v) is 3.25. The van der Waals surface area contributed by atoms with Crippen molar-refractivity contribution >= 4 is 5.82 Å². The van der Waals surface area contributed by atoms with Crippen molar-refractivity contribution in [2.24, 2.45) is 0 Å². The third-order valence-corrected chi connectivity index (χ3v) is 1.72. The second-order valence-electron chi connectivity index (χ2n) is 3.25. The molecule has 0 radical (unpaired) electrons. The number of hydrogen-bond acceptors (Lipinski definition) is 3. The Kier molecular flexibility index (Phi) is 1.87. The van der Waals surface area contributed by atoms with Gasteiger partial charge in [0.05, 0.1) is 6.61 Å². The van der Waals surface area contributed by atoms with E-state index in [4.69, 9.17) is 10.8 Å². The van der Waals surface area contributed by atoms with Crippen LogP contribution in [0, 0.1) is 0 Å². The zero-order valence-corrected chi connectivity index (χ0v) is 6.76. The normalized spacial score (nSPS) is 11.9. The van der Waals surface area contributed by atoms with Gasteiger partial charge in [-0.25, -0.2) is 0 Å². The highest BCUT2D eigenvalue weighted by Gasteiger charge is 2.21. The van der Waals surface area contributed by atoms with Gasteiger partial charge in [-0.15, -0.1) is 0 Å². The monoisotopic (exact) mass is 155 g/mol. The van der Waals surface area contributed by atoms with Crippen LogP contribution in [-0.4, -0.2) is 21.9 Å². The number of nitrogen functional groups attached to an aromatic ring is 1. The Morgan fingerprint density at radius 2 is 2.36 bits per heavy atom. The van der Waals surface area contributed by atoms with Crippen LogP contribution in [0.15, 0.2) is 6.07 Å². The Balaban J connectivity index is 2.92. The first-order chi connectivity index (χ1) is 5.06. The molecule has 0 aromatic carbocycles. The predicted octanol–water partition coefficient (Wildman–Crippen LogP) is 0.262. The van der Waals surface area contributed by atoms with Gasteiger partial charge in [0.25, 0.3) is 0 Å². The van der Waals surface area contributed by atoms with E-state index in [0.717, 1.165) is 5.69 Å². The van der Waals surface area contributed by atoms with E-state index in [1.165, 1.54) is 0 Å². The average Bonchev–Trinajstić information content (AvgIpc) is 2.36. The van der Waals surface area contributed by atoms with Crippen molar-refractivity contribution < 1.29 is 5.11 Å². The third-order valence-electron chi connectivity index (χ3n) is 1.72. The van der Waals surface area contributed by atoms with E-state index in [1.54, 1.807) is 6.07 Å². The molecule has 0 saturated carbocycles. The van der Waals surface area contributed by atoms with Gasteiger partial charge in [-0.2, -0.15) is 5.10 Å². The summed E-state index contributed by atoms with van der Waals surface area (Å²) in [5.41, 5.74) is 5.98. The topological polar surface area (TPSA) is 74.9 Å². The Morgan fingerprint density at radius 3 is 2.73 bits per heavy atom. The zero-order valence-electron chi connectivity index (χ0n) is 6.76. The number of aromatic amines is 1. The summed E-state index contributed by atoms with van der Waals surface area (Å²) < 4.78 is 0.